The van der Waals surface area contributed by atoms with E-state index in [0.29, 0.717) is 6.42 Å². The molecule has 0 aromatic heterocycles. The van der Waals surface area contributed by atoms with Gasteiger partial charge in [-0.25, -0.2) is 0 Å². The molecule has 0 radical (unpaired) electrons. The van der Waals surface area contributed by atoms with Gasteiger partial charge in [-0.05, 0) is 31.5 Å². The van der Waals surface area contributed by atoms with Gasteiger partial charge in [0.1, 0.15) is 25.3 Å². The Kier molecular flexibility index (Phi) is 10.8. The predicted molar refractivity (Wildman–Crippen MR) is 122 cm³/mol. The zero-order valence-corrected chi connectivity index (χ0v) is 19.0. The molecule has 2 aromatic carbocycles. The smallest absolute Gasteiger partial charge is 0.323 e. The second-order valence-electron chi connectivity index (χ2n) is 7.89. The van der Waals surface area contributed by atoms with Crippen molar-refractivity contribution in [2.45, 2.75) is 71.2 Å². The van der Waals surface area contributed by atoms with Crippen molar-refractivity contribution in [2.75, 3.05) is 7.05 Å². The van der Waals surface area contributed by atoms with Gasteiger partial charge < -0.3 is 9.47 Å². The first-order chi connectivity index (χ1) is 15.0. The normalized spacial score (nSPS) is 12.9. The van der Waals surface area contributed by atoms with Gasteiger partial charge in [0.25, 0.3) is 0 Å². The van der Waals surface area contributed by atoms with Crippen LogP contribution in [0.15, 0.2) is 60.7 Å². The average Bonchev–Trinajstić information content (AvgIpc) is 2.81. The predicted octanol–water partition coefficient (Wildman–Crippen LogP) is 5.13. The molecule has 2 unspecified atom stereocenters. The topological polar surface area (TPSA) is 55.8 Å². The lowest BCUT2D eigenvalue weighted by Gasteiger charge is -2.30. The van der Waals surface area contributed by atoms with Crippen molar-refractivity contribution < 1.29 is 19.1 Å². The lowest BCUT2D eigenvalue weighted by Crippen LogP contribution is -2.48. The number of unbranched alkanes of at least 4 members (excludes halogenated alkanes) is 3. The Bertz CT molecular complexity index is 779. The van der Waals surface area contributed by atoms with Crippen molar-refractivity contribution in [1.29, 1.82) is 0 Å². The summed E-state index contributed by atoms with van der Waals surface area (Å²) in [5.41, 5.74) is 1.88. The van der Waals surface area contributed by atoms with Crippen molar-refractivity contribution in [3.8, 4) is 0 Å². The maximum atomic E-state index is 12.9. The van der Waals surface area contributed by atoms with Crippen molar-refractivity contribution in [1.82, 2.24) is 4.90 Å². The van der Waals surface area contributed by atoms with E-state index in [2.05, 4.69) is 6.92 Å². The number of benzene rings is 2. The van der Waals surface area contributed by atoms with Gasteiger partial charge in [-0.15, -0.1) is 0 Å². The quantitative estimate of drug-likeness (QED) is 0.329. The molecule has 0 aliphatic heterocycles. The van der Waals surface area contributed by atoms with E-state index in [1.54, 1.807) is 18.9 Å². The van der Waals surface area contributed by atoms with Gasteiger partial charge in [0.05, 0.1) is 0 Å². The summed E-state index contributed by atoms with van der Waals surface area (Å²) in [6.07, 6.45) is 4.88. The average molecular weight is 426 g/mol. The first-order valence-corrected chi connectivity index (χ1v) is 11.2. The summed E-state index contributed by atoms with van der Waals surface area (Å²) in [6.45, 7) is 4.38. The number of carbonyl (C=O) groups is 2. The number of esters is 2. The van der Waals surface area contributed by atoms with Gasteiger partial charge in [-0.2, -0.15) is 0 Å². The summed E-state index contributed by atoms with van der Waals surface area (Å²) in [6, 6.07) is 18.2. The van der Waals surface area contributed by atoms with Crippen molar-refractivity contribution in [3.05, 3.63) is 71.8 Å². The molecular formula is C26H35NO4. The number of likely N-dealkylation sites (N-methyl/N-ethyl adjacent to an activating group) is 1. The molecule has 5 nitrogen and oxygen atoms in total. The van der Waals surface area contributed by atoms with Gasteiger partial charge in [0.2, 0.25) is 0 Å². The van der Waals surface area contributed by atoms with Gasteiger partial charge in [0.15, 0.2) is 0 Å². The summed E-state index contributed by atoms with van der Waals surface area (Å²) < 4.78 is 11.1. The maximum Gasteiger partial charge on any atom is 0.323 e. The monoisotopic (exact) mass is 425 g/mol. The van der Waals surface area contributed by atoms with Crippen LogP contribution in [-0.2, 0) is 32.3 Å². The van der Waals surface area contributed by atoms with Gasteiger partial charge in [-0.3, -0.25) is 14.5 Å². The summed E-state index contributed by atoms with van der Waals surface area (Å²) in [5.74, 6) is -0.647. The lowest BCUT2D eigenvalue weighted by atomic mass is 10.0. The Morgan fingerprint density at radius 3 is 1.84 bits per heavy atom. The second kappa shape index (κ2) is 13.6. The number of hydrogen-bond donors (Lipinski definition) is 0. The Labute approximate surface area is 186 Å². The third kappa shape index (κ3) is 8.54. The highest BCUT2D eigenvalue weighted by atomic mass is 16.5. The van der Waals surface area contributed by atoms with E-state index in [1.165, 1.54) is 0 Å². The second-order valence-corrected chi connectivity index (χ2v) is 7.89. The van der Waals surface area contributed by atoms with E-state index in [-0.39, 0.29) is 25.2 Å². The highest BCUT2D eigenvalue weighted by molar-refractivity contribution is 5.79. The largest absolute Gasteiger partial charge is 0.460 e. The van der Waals surface area contributed by atoms with Gasteiger partial charge >= 0.3 is 11.9 Å². The van der Waals surface area contributed by atoms with E-state index in [0.717, 1.165) is 36.8 Å². The van der Waals surface area contributed by atoms with E-state index < -0.39 is 12.1 Å². The van der Waals surface area contributed by atoms with Gasteiger partial charge in [0, 0.05) is 0 Å². The molecule has 0 heterocycles. The van der Waals surface area contributed by atoms with Crippen LogP contribution in [0.4, 0.5) is 0 Å². The molecule has 2 atom stereocenters. The van der Waals surface area contributed by atoms with Crippen LogP contribution in [0.25, 0.3) is 0 Å². The Hall–Kier alpha value is -2.66. The minimum Gasteiger partial charge on any atom is -0.460 e. The molecule has 168 valence electrons. The van der Waals surface area contributed by atoms with Crippen LogP contribution in [-0.4, -0.2) is 36.0 Å². The molecule has 0 aliphatic carbocycles. The summed E-state index contributed by atoms with van der Waals surface area (Å²) in [5, 5.41) is 0. The third-order valence-electron chi connectivity index (χ3n) is 5.49. The Morgan fingerprint density at radius 1 is 0.806 bits per heavy atom. The summed E-state index contributed by atoms with van der Waals surface area (Å²) in [4.78, 5) is 27.3. The van der Waals surface area contributed by atoms with Crippen LogP contribution in [0.1, 0.15) is 57.1 Å². The van der Waals surface area contributed by atoms with E-state index in [1.807, 2.05) is 60.7 Å². The zero-order valence-electron chi connectivity index (χ0n) is 19.0. The molecule has 0 saturated heterocycles. The third-order valence-corrected chi connectivity index (χ3v) is 5.49. The fourth-order valence-electron chi connectivity index (χ4n) is 3.36. The fourth-order valence-corrected chi connectivity index (χ4v) is 3.36. The van der Waals surface area contributed by atoms with Crippen molar-refractivity contribution in [2.24, 2.45) is 0 Å². The molecule has 0 spiro atoms. The Morgan fingerprint density at radius 2 is 1.32 bits per heavy atom. The SMILES string of the molecule is CCCCCCC(C(=O)OCc1ccccc1)N(C)C(C)C(=O)OCc1ccccc1. The number of hydrogen-bond acceptors (Lipinski definition) is 5. The first kappa shape index (κ1) is 24.6. The molecule has 0 bridgehead atoms. The number of ether oxygens (including phenoxy) is 2. The number of carbonyl (C=O) groups excluding carboxylic acids is 2. The standard InChI is InChI=1S/C26H35NO4/c1-4-5-6-13-18-24(26(29)31-20-23-16-11-8-12-17-23)27(3)21(2)25(28)30-19-22-14-9-7-10-15-22/h7-12,14-17,21,24H,4-6,13,18-20H2,1-3H3. The molecule has 0 aliphatic rings. The molecular weight excluding hydrogens is 390 g/mol. The van der Waals surface area contributed by atoms with Crippen LogP contribution in [0.3, 0.4) is 0 Å². The van der Waals surface area contributed by atoms with E-state index in [9.17, 15) is 9.59 Å². The van der Waals surface area contributed by atoms with Crippen LogP contribution in [0, 0.1) is 0 Å². The molecule has 5 heteroatoms. The highest BCUT2D eigenvalue weighted by Gasteiger charge is 2.31. The fraction of sp³-hybridized carbons (Fsp3) is 0.462. The molecule has 0 amide bonds. The summed E-state index contributed by atoms with van der Waals surface area (Å²) in [7, 11) is 1.79. The lowest BCUT2D eigenvalue weighted by molar-refractivity contribution is -0.157. The molecule has 0 saturated carbocycles. The van der Waals surface area contributed by atoms with E-state index in [4.69, 9.17) is 9.47 Å². The molecule has 2 rings (SSSR count). The minimum atomic E-state index is -0.552. The number of nitrogens with zero attached hydrogens (tertiary/aromatic N) is 1. The molecule has 2 aromatic rings. The van der Waals surface area contributed by atoms with Crippen LogP contribution in [0.2, 0.25) is 0 Å². The van der Waals surface area contributed by atoms with Crippen LogP contribution in [0.5, 0.6) is 0 Å². The van der Waals surface area contributed by atoms with Crippen LogP contribution < -0.4 is 0 Å². The van der Waals surface area contributed by atoms with Crippen molar-refractivity contribution in [3.63, 3.8) is 0 Å². The molecule has 31 heavy (non-hydrogen) atoms. The first-order valence-electron chi connectivity index (χ1n) is 11.2. The molecule has 0 N–H and O–H groups in total. The summed E-state index contributed by atoms with van der Waals surface area (Å²) >= 11 is 0. The highest BCUT2D eigenvalue weighted by Crippen LogP contribution is 2.16. The molecule has 0 fully saturated rings. The van der Waals surface area contributed by atoms with Crippen molar-refractivity contribution >= 4 is 11.9 Å². The zero-order chi connectivity index (χ0) is 22.5. The maximum absolute atomic E-state index is 12.9. The van der Waals surface area contributed by atoms with E-state index >= 15 is 0 Å². The number of rotatable bonds is 13. The van der Waals surface area contributed by atoms with Crippen LogP contribution >= 0.6 is 0 Å². The van der Waals surface area contributed by atoms with Gasteiger partial charge in [-0.1, -0.05) is 93.3 Å². The Balaban J connectivity index is 1.96. The minimum absolute atomic E-state index is 0.220.